The number of anilines is 1. The van der Waals surface area contributed by atoms with Crippen LogP contribution >= 0.6 is 15.9 Å². The summed E-state index contributed by atoms with van der Waals surface area (Å²) in [5.74, 6) is 0.883. The van der Waals surface area contributed by atoms with Crippen molar-refractivity contribution in [3.05, 3.63) is 76.5 Å². The highest BCUT2D eigenvalue weighted by molar-refractivity contribution is 9.10. The van der Waals surface area contributed by atoms with Crippen LogP contribution < -0.4 is 10.2 Å². The fourth-order valence-corrected chi connectivity index (χ4v) is 3.57. The lowest BCUT2D eigenvalue weighted by molar-refractivity contribution is 0.0951. The Kier molecular flexibility index (Phi) is 5.67. The van der Waals surface area contributed by atoms with Gasteiger partial charge < -0.3 is 10.2 Å². The predicted molar refractivity (Wildman–Crippen MR) is 114 cm³/mol. The van der Waals surface area contributed by atoms with E-state index < -0.39 is 0 Å². The second kappa shape index (κ2) is 8.52. The number of halogens is 1. The van der Waals surface area contributed by atoms with Crippen LogP contribution in [0, 0.1) is 0 Å². The van der Waals surface area contributed by atoms with Crippen LogP contribution in [-0.2, 0) is 6.54 Å². The molecule has 0 saturated carbocycles. The third-order valence-electron chi connectivity index (χ3n) is 4.89. The molecule has 0 spiro atoms. The number of benzene rings is 2. The summed E-state index contributed by atoms with van der Waals surface area (Å²) < 4.78 is 1.02. The van der Waals surface area contributed by atoms with Crippen molar-refractivity contribution in [3.63, 3.8) is 0 Å². The Bertz CT molecular complexity index is 951. The number of nitrogens with one attached hydrogen (secondary N) is 1. The van der Waals surface area contributed by atoms with Gasteiger partial charge in [0, 0.05) is 41.3 Å². The first-order chi connectivity index (χ1) is 13.7. The van der Waals surface area contributed by atoms with E-state index in [-0.39, 0.29) is 5.91 Å². The zero-order chi connectivity index (χ0) is 19.3. The summed E-state index contributed by atoms with van der Waals surface area (Å²) in [5, 5.41) is 2.95. The highest BCUT2D eigenvalue weighted by atomic mass is 79.9. The van der Waals surface area contributed by atoms with Gasteiger partial charge in [0.05, 0.1) is 5.69 Å². The fourth-order valence-electron chi connectivity index (χ4n) is 3.30. The topological polar surface area (TPSA) is 58.1 Å². The summed E-state index contributed by atoms with van der Waals surface area (Å²) >= 11 is 3.41. The van der Waals surface area contributed by atoms with Crippen LogP contribution in [0.1, 0.15) is 28.8 Å². The molecule has 0 aliphatic carbocycles. The zero-order valence-electron chi connectivity index (χ0n) is 15.4. The molecule has 2 aromatic carbocycles. The normalized spacial score (nSPS) is 13.5. The minimum atomic E-state index is -0.0880. The summed E-state index contributed by atoms with van der Waals surface area (Å²) in [6.07, 6.45) is 4.04. The van der Waals surface area contributed by atoms with Gasteiger partial charge >= 0.3 is 0 Å². The van der Waals surface area contributed by atoms with Crippen LogP contribution in [0.2, 0.25) is 0 Å². The van der Waals surface area contributed by atoms with Gasteiger partial charge in [-0.25, -0.2) is 9.97 Å². The number of nitrogens with zero attached hydrogens (tertiary/aromatic N) is 3. The maximum atomic E-state index is 12.4. The van der Waals surface area contributed by atoms with Crippen LogP contribution in [0.4, 0.5) is 5.82 Å². The first-order valence-corrected chi connectivity index (χ1v) is 10.2. The van der Waals surface area contributed by atoms with E-state index in [0.717, 1.165) is 40.2 Å². The molecule has 1 N–H and O–H groups in total. The first-order valence-electron chi connectivity index (χ1n) is 9.39. The van der Waals surface area contributed by atoms with E-state index in [1.54, 1.807) is 6.33 Å². The largest absolute Gasteiger partial charge is 0.357 e. The smallest absolute Gasteiger partial charge is 0.251 e. The summed E-state index contributed by atoms with van der Waals surface area (Å²) in [4.78, 5) is 23.5. The van der Waals surface area contributed by atoms with Crippen LogP contribution in [0.15, 0.2) is 65.4 Å². The van der Waals surface area contributed by atoms with Crippen molar-refractivity contribution >= 4 is 27.7 Å². The van der Waals surface area contributed by atoms with E-state index in [9.17, 15) is 4.79 Å². The molecule has 1 amide bonds. The number of hydrogen-bond donors (Lipinski definition) is 1. The average molecular weight is 437 g/mol. The molecule has 28 heavy (non-hydrogen) atoms. The van der Waals surface area contributed by atoms with Gasteiger partial charge in [-0.3, -0.25) is 4.79 Å². The van der Waals surface area contributed by atoms with Crippen LogP contribution in [0.3, 0.4) is 0 Å². The minimum absolute atomic E-state index is 0.0880. The Morgan fingerprint density at radius 3 is 2.43 bits per heavy atom. The van der Waals surface area contributed by atoms with Crippen molar-refractivity contribution in [1.29, 1.82) is 0 Å². The number of hydrogen-bond acceptors (Lipinski definition) is 4. The molecule has 0 atom stereocenters. The van der Waals surface area contributed by atoms with Gasteiger partial charge in [0.1, 0.15) is 12.1 Å². The van der Waals surface area contributed by atoms with Crippen molar-refractivity contribution in [2.75, 3.05) is 18.0 Å². The van der Waals surface area contributed by atoms with E-state index >= 15 is 0 Å². The fraction of sp³-hybridized carbons (Fsp3) is 0.227. The Labute approximate surface area is 173 Å². The van der Waals surface area contributed by atoms with Crippen molar-refractivity contribution in [2.45, 2.75) is 19.4 Å². The molecule has 0 bridgehead atoms. The SMILES string of the molecule is O=C(NCc1ccc(Br)cc1)c1ccc(-c2cc(N3CCCC3)ncn2)cc1. The van der Waals surface area contributed by atoms with Crippen LogP contribution in [0.25, 0.3) is 11.3 Å². The van der Waals surface area contributed by atoms with Crippen LogP contribution in [-0.4, -0.2) is 29.0 Å². The molecule has 6 heteroatoms. The molecule has 5 nitrogen and oxygen atoms in total. The van der Waals surface area contributed by atoms with Gasteiger partial charge in [-0.05, 0) is 42.7 Å². The quantitative estimate of drug-likeness (QED) is 0.642. The highest BCUT2D eigenvalue weighted by Crippen LogP contribution is 2.23. The Morgan fingerprint density at radius 1 is 1.00 bits per heavy atom. The molecular weight excluding hydrogens is 416 g/mol. The lowest BCUT2D eigenvalue weighted by atomic mass is 10.1. The molecule has 2 heterocycles. The predicted octanol–water partition coefficient (Wildman–Crippen LogP) is 4.44. The molecule has 3 aromatic rings. The minimum Gasteiger partial charge on any atom is -0.357 e. The molecule has 142 valence electrons. The van der Waals surface area contributed by atoms with E-state index in [1.165, 1.54) is 12.8 Å². The first kappa shape index (κ1) is 18.6. The summed E-state index contributed by atoms with van der Waals surface area (Å²) in [6, 6.07) is 17.5. The molecule has 1 saturated heterocycles. The summed E-state index contributed by atoms with van der Waals surface area (Å²) in [7, 11) is 0. The van der Waals surface area contributed by atoms with Gasteiger partial charge in [0.25, 0.3) is 5.91 Å². The van der Waals surface area contributed by atoms with Crippen molar-refractivity contribution < 1.29 is 4.79 Å². The van der Waals surface area contributed by atoms with Crippen molar-refractivity contribution in [1.82, 2.24) is 15.3 Å². The maximum absolute atomic E-state index is 12.4. The molecule has 0 unspecified atom stereocenters. The molecule has 1 aliphatic rings. The number of carbonyl (C=O) groups is 1. The summed E-state index contributed by atoms with van der Waals surface area (Å²) in [5.41, 5.74) is 3.55. The van der Waals surface area contributed by atoms with E-state index in [1.807, 2.05) is 54.6 Å². The Balaban J connectivity index is 1.42. The van der Waals surface area contributed by atoms with Gasteiger partial charge in [-0.1, -0.05) is 40.2 Å². The number of amides is 1. The van der Waals surface area contributed by atoms with Crippen LogP contribution in [0.5, 0.6) is 0 Å². The molecule has 1 fully saturated rings. The number of carbonyl (C=O) groups excluding carboxylic acids is 1. The number of aromatic nitrogens is 2. The molecule has 0 radical (unpaired) electrons. The van der Waals surface area contributed by atoms with Gasteiger partial charge in [0.2, 0.25) is 0 Å². The third-order valence-corrected chi connectivity index (χ3v) is 5.42. The Morgan fingerprint density at radius 2 is 1.71 bits per heavy atom. The second-order valence-corrected chi connectivity index (χ2v) is 7.76. The van der Waals surface area contributed by atoms with E-state index in [2.05, 4.69) is 36.1 Å². The zero-order valence-corrected chi connectivity index (χ0v) is 17.0. The van der Waals surface area contributed by atoms with E-state index in [4.69, 9.17) is 0 Å². The van der Waals surface area contributed by atoms with Gasteiger partial charge in [0.15, 0.2) is 0 Å². The van der Waals surface area contributed by atoms with E-state index in [0.29, 0.717) is 12.1 Å². The monoisotopic (exact) mass is 436 g/mol. The lowest BCUT2D eigenvalue weighted by Gasteiger charge is -2.16. The third kappa shape index (κ3) is 4.39. The molecular formula is C22H21BrN4O. The second-order valence-electron chi connectivity index (χ2n) is 6.84. The molecule has 4 rings (SSSR count). The average Bonchev–Trinajstić information content (AvgIpc) is 3.28. The van der Waals surface area contributed by atoms with Crippen molar-refractivity contribution in [2.24, 2.45) is 0 Å². The summed E-state index contributed by atoms with van der Waals surface area (Å²) in [6.45, 7) is 2.60. The Hall–Kier alpha value is -2.73. The molecule has 1 aromatic heterocycles. The van der Waals surface area contributed by atoms with Gasteiger partial charge in [-0.15, -0.1) is 0 Å². The lowest BCUT2D eigenvalue weighted by Crippen LogP contribution is -2.22. The van der Waals surface area contributed by atoms with Crippen molar-refractivity contribution in [3.8, 4) is 11.3 Å². The standard InChI is InChI=1S/C22H21BrN4O/c23-19-9-3-16(4-10-19)14-24-22(28)18-7-5-17(6-8-18)20-13-21(26-15-25-20)27-11-1-2-12-27/h3-10,13,15H,1-2,11-12,14H2,(H,24,28). The number of rotatable bonds is 5. The maximum Gasteiger partial charge on any atom is 0.251 e. The van der Waals surface area contributed by atoms with Gasteiger partial charge in [-0.2, -0.15) is 0 Å². The molecule has 1 aliphatic heterocycles. The highest BCUT2D eigenvalue weighted by Gasteiger charge is 2.14.